The number of benzene rings is 1. The van der Waals surface area contributed by atoms with Crippen molar-refractivity contribution in [1.82, 2.24) is 4.90 Å². The Balaban J connectivity index is 2.76. The van der Waals surface area contributed by atoms with Crippen LogP contribution >= 0.6 is 0 Å². The third-order valence-electron chi connectivity index (χ3n) is 3.02. The Morgan fingerprint density at radius 1 is 1.32 bits per heavy atom. The lowest BCUT2D eigenvalue weighted by atomic mass is 10.1. The number of carbonyl (C=O) groups excluding carboxylic acids is 1. The highest BCUT2D eigenvalue weighted by Crippen LogP contribution is 2.09. The van der Waals surface area contributed by atoms with E-state index in [0.29, 0.717) is 12.0 Å². The first-order valence-electron chi connectivity index (χ1n) is 6.19. The number of aliphatic carboxylic acids is 1. The van der Waals surface area contributed by atoms with Crippen LogP contribution in [0.3, 0.4) is 0 Å². The average molecular weight is 267 g/mol. The van der Waals surface area contributed by atoms with Crippen molar-refractivity contribution in [2.24, 2.45) is 0 Å². The summed E-state index contributed by atoms with van der Waals surface area (Å²) >= 11 is 0. The zero-order valence-corrected chi connectivity index (χ0v) is 11.1. The number of nitrogens with zero attached hydrogens (tertiary/aromatic N) is 1. The highest BCUT2D eigenvalue weighted by atomic mass is 19.1. The van der Waals surface area contributed by atoms with Crippen molar-refractivity contribution >= 4 is 11.9 Å². The summed E-state index contributed by atoms with van der Waals surface area (Å²) in [5.41, 5.74) is 0.671. The average Bonchev–Trinajstić information content (AvgIpc) is 2.37. The molecule has 5 heteroatoms. The maximum Gasteiger partial charge on any atom is 0.323 e. The van der Waals surface area contributed by atoms with Gasteiger partial charge >= 0.3 is 5.97 Å². The second kappa shape index (κ2) is 6.87. The summed E-state index contributed by atoms with van der Waals surface area (Å²) in [5, 5.41) is 8.84. The molecule has 0 aromatic heterocycles. The van der Waals surface area contributed by atoms with Crippen molar-refractivity contribution < 1.29 is 19.1 Å². The van der Waals surface area contributed by atoms with Crippen LogP contribution in [0.15, 0.2) is 24.3 Å². The first kappa shape index (κ1) is 15.1. The van der Waals surface area contributed by atoms with Crippen molar-refractivity contribution in [2.45, 2.75) is 32.7 Å². The van der Waals surface area contributed by atoms with Gasteiger partial charge in [0.2, 0.25) is 5.91 Å². The van der Waals surface area contributed by atoms with Gasteiger partial charge in [0.25, 0.3) is 0 Å². The highest BCUT2D eigenvalue weighted by molar-refractivity contribution is 5.83. The quantitative estimate of drug-likeness (QED) is 0.858. The van der Waals surface area contributed by atoms with Crippen LogP contribution < -0.4 is 0 Å². The fraction of sp³-hybridized carbons (Fsp3) is 0.429. The van der Waals surface area contributed by atoms with Crippen LogP contribution in [0.1, 0.15) is 25.8 Å². The molecule has 104 valence electrons. The van der Waals surface area contributed by atoms with Gasteiger partial charge in [-0.05, 0) is 31.0 Å². The van der Waals surface area contributed by atoms with E-state index >= 15 is 0 Å². The van der Waals surface area contributed by atoms with E-state index in [2.05, 4.69) is 0 Å². The molecule has 1 N–H and O–H groups in total. The summed E-state index contributed by atoms with van der Waals surface area (Å²) in [5.74, 6) is -1.66. The van der Waals surface area contributed by atoms with Gasteiger partial charge < -0.3 is 10.0 Å². The van der Waals surface area contributed by atoms with Gasteiger partial charge in [0, 0.05) is 6.04 Å². The molecule has 1 unspecified atom stereocenters. The fourth-order valence-corrected chi connectivity index (χ4v) is 1.73. The molecule has 4 nitrogen and oxygen atoms in total. The summed E-state index contributed by atoms with van der Waals surface area (Å²) in [6.07, 6.45) is 0.764. The highest BCUT2D eigenvalue weighted by Gasteiger charge is 2.21. The summed E-state index contributed by atoms with van der Waals surface area (Å²) in [6, 6.07) is 5.50. The molecule has 0 aliphatic carbocycles. The van der Waals surface area contributed by atoms with Crippen LogP contribution in [-0.2, 0) is 16.0 Å². The predicted molar refractivity (Wildman–Crippen MR) is 69.2 cm³/mol. The lowest BCUT2D eigenvalue weighted by Gasteiger charge is -2.27. The number of carbonyl (C=O) groups is 2. The smallest absolute Gasteiger partial charge is 0.323 e. The SMILES string of the molecule is CCC(C)N(CC(=O)O)C(=O)Cc1ccc(F)cc1. The molecule has 1 amide bonds. The van der Waals surface area contributed by atoms with E-state index in [-0.39, 0.29) is 30.7 Å². The van der Waals surface area contributed by atoms with Crippen molar-refractivity contribution in [3.8, 4) is 0 Å². The molecule has 0 aliphatic rings. The lowest BCUT2D eigenvalue weighted by molar-refractivity contribution is -0.145. The molecule has 1 aromatic rings. The topological polar surface area (TPSA) is 57.6 Å². The van der Waals surface area contributed by atoms with Gasteiger partial charge in [0.15, 0.2) is 0 Å². The Morgan fingerprint density at radius 2 is 1.89 bits per heavy atom. The number of hydrogen-bond acceptors (Lipinski definition) is 2. The largest absolute Gasteiger partial charge is 0.480 e. The standard InChI is InChI=1S/C14H18FNO3/c1-3-10(2)16(9-14(18)19)13(17)8-11-4-6-12(15)7-5-11/h4-7,10H,3,8-9H2,1-2H3,(H,18,19). The molecular formula is C14H18FNO3. The fourth-order valence-electron chi connectivity index (χ4n) is 1.73. The molecule has 0 saturated heterocycles. The summed E-state index contributed by atoms with van der Waals surface area (Å²) < 4.78 is 12.8. The van der Waals surface area contributed by atoms with Crippen molar-refractivity contribution in [1.29, 1.82) is 0 Å². The van der Waals surface area contributed by atoms with Gasteiger partial charge in [0.05, 0.1) is 6.42 Å². The van der Waals surface area contributed by atoms with Crippen LogP contribution in [0.5, 0.6) is 0 Å². The second-order valence-corrected chi connectivity index (χ2v) is 4.48. The number of amides is 1. The van der Waals surface area contributed by atoms with E-state index in [1.165, 1.54) is 29.2 Å². The van der Waals surface area contributed by atoms with E-state index in [9.17, 15) is 14.0 Å². The predicted octanol–water partition coefficient (Wildman–Crippen LogP) is 2.08. The molecule has 0 bridgehead atoms. The normalized spacial score (nSPS) is 11.9. The molecule has 0 aliphatic heterocycles. The molecule has 0 heterocycles. The first-order chi connectivity index (χ1) is 8.93. The summed E-state index contributed by atoms with van der Waals surface area (Å²) in [6.45, 7) is 3.39. The number of carboxylic acid groups (broad SMARTS) is 1. The van der Waals surface area contributed by atoms with Gasteiger partial charge in [-0.2, -0.15) is 0 Å². The van der Waals surface area contributed by atoms with Gasteiger partial charge in [-0.15, -0.1) is 0 Å². The van der Waals surface area contributed by atoms with Crippen LogP contribution in [0.4, 0.5) is 4.39 Å². The maximum atomic E-state index is 12.8. The molecule has 0 fully saturated rings. The van der Waals surface area contributed by atoms with E-state index in [1.807, 2.05) is 13.8 Å². The molecule has 19 heavy (non-hydrogen) atoms. The number of rotatable bonds is 6. The molecule has 1 aromatic carbocycles. The Kier molecular flexibility index (Phi) is 5.48. The minimum absolute atomic E-state index is 0.0812. The molecule has 1 atom stereocenters. The number of carboxylic acids is 1. The monoisotopic (exact) mass is 267 g/mol. The lowest BCUT2D eigenvalue weighted by Crippen LogP contribution is -2.42. The minimum Gasteiger partial charge on any atom is -0.480 e. The van der Waals surface area contributed by atoms with E-state index in [0.717, 1.165) is 0 Å². The van der Waals surface area contributed by atoms with Gasteiger partial charge in [-0.1, -0.05) is 19.1 Å². The molecule has 0 saturated carbocycles. The van der Waals surface area contributed by atoms with E-state index < -0.39 is 5.97 Å². The Labute approximate surface area is 111 Å². The van der Waals surface area contributed by atoms with E-state index in [4.69, 9.17) is 5.11 Å². The summed E-state index contributed by atoms with van der Waals surface area (Å²) in [4.78, 5) is 24.2. The van der Waals surface area contributed by atoms with Crippen molar-refractivity contribution in [2.75, 3.05) is 6.54 Å². The molecule has 1 rings (SSSR count). The van der Waals surface area contributed by atoms with Crippen LogP contribution in [0.25, 0.3) is 0 Å². The van der Waals surface area contributed by atoms with Crippen LogP contribution in [-0.4, -0.2) is 34.5 Å². The molecule has 0 radical (unpaired) electrons. The van der Waals surface area contributed by atoms with Crippen molar-refractivity contribution in [3.05, 3.63) is 35.6 Å². The Bertz CT molecular complexity index is 445. The maximum absolute atomic E-state index is 12.8. The molecule has 0 spiro atoms. The van der Waals surface area contributed by atoms with Gasteiger partial charge in [-0.25, -0.2) is 4.39 Å². The zero-order valence-electron chi connectivity index (χ0n) is 11.1. The van der Waals surface area contributed by atoms with E-state index in [1.54, 1.807) is 0 Å². The Morgan fingerprint density at radius 3 is 2.37 bits per heavy atom. The minimum atomic E-state index is -1.03. The third kappa shape index (κ3) is 4.69. The zero-order chi connectivity index (χ0) is 14.4. The van der Waals surface area contributed by atoms with Crippen LogP contribution in [0, 0.1) is 5.82 Å². The first-order valence-corrected chi connectivity index (χ1v) is 6.19. The third-order valence-corrected chi connectivity index (χ3v) is 3.02. The van der Waals surface area contributed by atoms with Crippen LogP contribution in [0.2, 0.25) is 0 Å². The summed E-state index contributed by atoms with van der Waals surface area (Å²) in [7, 11) is 0. The number of halogens is 1. The van der Waals surface area contributed by atoms with Gasteiger partial charge in [0.1, 0.15) is 12.4 Å². The molecular weight excluding hydrogens is 249 g/mol. The Hall–Kier alpha value is -1.91. The number of hydrogen-bond donors (Lipinski definition) is 1. The van der Waals surface area contributed by atoms with Gasteiger partial charge in [-0.3, -0.25) is 9.59 Å². The van der Waals surface area contributed by atoms with Crippen molar-refractivity contribution in [3.63, 3.8) is 0 Å². The second-order valence-electron chi connectivity index (χ2n) is 4.48.